The molecule has 7 atom stereocenters. The Morgan fingerprint density at radius 2 is 1.80 bits per heavy atom. The highest BCUT2D eigenvalue weighted by atomic mass is 16.5. The molecule has 0 radical (unpaired) electrons. The first-order valence-corrected chi connectivity index (χ1v) is 10.2. The van der Waals surface area contributed by atoms with Gasteiger partial charge in [0, 0.05) is 12.0 Å². The summed E-state index contributed by atoms with van der Waals surface area (Å²) >= 11 is 0. The van der Waals surface area contributed by atoms with E-state index in [1.54, 1.807) is 7.11 Å². The minimum absolute atomic E-state index is 0.0764. The molecule has 4 aliphatic carbocycles. The van der Waals surface area contributed by atoms with E-state index in [0.717, 1.165) is 43.3 Å². The molecule has 4 aliphatic rings. The normalized spacial score (nSPS) is 52.2. The molecule has 1 N–H and O–H groups in total. The highest BCUT2D eigenvalue weighted by molar-refractivity contribution is 5.74. The lowest BCUT2D eigenvalue weighted by molar-refractivity contribution is -0.141. The monoisotopic (exact) mass is 346 g/mol. The first kappa shape index (κ1) is 17.6. The number of methoxy groups -OCH3 is 1. The maximum absolute atomic E-state index is 11.7. The summed E-state index contributed by atoms with van der Waals surface area (Å²) in [5.74, 6) is 3.61. The maximum Gasteiger partial charge on any atom is 0.149 e. The molecule has 0 spiro atoms. The first-order valence-electron chi connectivity index (χ1n) is 10.2. The lowest BCUT2D eigenvalue weighted by Gasteiger charge is -2.60. The van der Waals surface area contributed by atoms with Gasteiger partial charge in [-0.3, -0.25) is 4.79 Å². The second-order valence-corrected chi connectivity index (χ2v) is 10.1. The zero-order chi connectivity index (χ0) is 18.0. The van der Waals surface area contributed by atoms with Crippen LogP contribution in [-0.2, 0) is 9.53 Å². The minimum atomic E-state index is -0.510. The van der Waals surface area contributed by atoms with Crippen LogP contribution in [0.4, 0.5) is 0 Å². The van der Waals surface area contributed by atoms with Crippen LogP contribution < -0.4 is 0 Å². The second-order valence-electron chi connectivity index (χ2n) is 10.1. The van der Waals surface area contributed by atoms with Crippen molar-refractivity contribution in [1.82, 2.24) is 0 Å². The molecule has 0 saturated heterocycles. The number of fused-ring (bicyclic) bond motifs is 5. The highest BCUT2D eigenvalue weighted by Crippen LogP contribution is 2.68. The van der Waals surface area contributed by atoms with Gasteiger partial charge in [-0.15, -0.1) is 0 Å². The molecule has 0 aromatic rings. The summed E-state index contributed by atoms with van der Waals surface area (Å²) in [5.41, 5.74) is 0.683. The smallest absolute Gasteiger partial charge is 0.149 e. The molecule has 140 valence electrons. The van der Waals surface area contributed by atoms with E-state index < -0.39 is 5.60 Å². The van der Waals surface area contributed by atoms with Crippen molar-refractivity contribution in [3.63, 3.8) is 0 Å². The van der Waals surface area contributed by atoms with Crippen LogP contribution in [0.5, 0.6) is 0 Å². The molecule has 0 amide bonds. The van der Waals surface area contributed by atoms with Crippen LogP contribution in [0.3, 0.4) is 0 Å². The van der Waals surface area contributed by atoms with E-state index in [4.69, 9.17) is 4.74 Å². The molecule has 3 fully saturated rings. The van der Waals surface area contributed by atoms with E-state index in [1.807, 2.05) is 0 Å². The quantitative estimate of drug-likeness (QED) is 0.749. The molecule has 0 bridgehead atoms. The Bertz CT molecular complexity index is 606. The maximum atomic E-state index is 11.7. The van der Waals surface area contributed by atoms with E-state index in [2.05, 4.69) is 20.8 Å². The SMILES string of the molecule is COC1=C(C=O)C[C@@]2(C)[C@@H](CC[C@@H]3[C@@H]2CC[C@@]2(C)[C@H]3CC[C@]2(C)O)C1. The summed E-state index contributed by atoms with van der Waals surface area (Å²) in [4.78, 5) is 11.7. The van der Waals surface area contributed by atoms with Crippen molar-refractivity contribution in [1.29, 1.82) is 0 Å². The van der Waals surface area contributed by atoms with Crippen molar-refractivity contribution in [3.8, 4) is 0 Å². The fourth-order valence-corrected chi connectivity index (χ4v) is 7.57. The van der Waals surface area contributed by atoms with Crippen LogP contribution in [0.1, 0.15) is 72.1 Å². The minimum Gasteiger partial charge on any atom is -0.501 e. The number of aldehydes is 1. The van der Waals surface area contributed by atoms with Crippen LogP contribution in [0.25, 0.3) is 0 Å². The number of rotatable bonds is 2. The number of carbonyl (C=O) groups excluding carboxylic acids is 1. The predicted octanol–water partition coefficient (Wildman–Crippen LogP) is 4.49. The molecule has 0 unspecified atom stereocenters. The van der Waals surface area contributed by atoms with E-state index in [9.17, 15) is 9.90 Å². The Hall–Kier alpha value is -0.830. The topological polar surface area (TPSA) is 46.5 Å². The lowest BCUT2D eigenvalue weighted by atomic mass is 9.44. The largest absolute Gasteiger partial charge is 0.501 e. The fraction of sp³-hybridized carbons (Fsp3) is 0.864. The third kappa shape index (κ3) is 2.23. The van der Waals surface area contributed by atoms with Crippen LogP contribution in [-0.4, -0.2) is 24.1 Å². The van der Waals surface area contributed by atoms with Gasteiger partial charge in [0.05, 0.1) is 12.7 Å². The third-order valence-electron chi connectivity index (χ3n) is 9.38. The summed E-state index contributed by atoms with van der Waals surface area (Å²) in [6, 6.07) is 0. The number of hydrogen-bond acceptors (Lipinski definition) is 3. The van der Waals surface area contributed by atoms with Gasteiger partial charge in [-0.1, -0.05) is 13.8 Å². The van der Waals surface area contributed by atoms with E-state index >= 15 is 0 Å². The van der Waals surface area contributed by atoms with Crippen LogP contribution in [0.2, 0.25) is 0 Å². The van der Waals surface area contributed by atoms with Gasteiger partial charge >= 0.3 is 0 Å². The molecule has 25 heavy (non-hydrogen) atoms. The molecular formula is C22H34O3. The molecule has 3 heteroatoms. The first-order chi connectivity index (χ1) is 11.8. The number of aliphatic hydroxyl groups is 1. The molecule has 3 nitrogen and oxygen atoms in total. The van der Waals surface area contributed by atoms with Gasteiger partial charge in [-0.25, -0.2) is 0 Å². The zero-order valence-electron chi connectivity index (χ0n) is 16.3. The second kappa shape index (κ2) is 5.58. The molecule has 0 heterocycles. The Kier molecular flexibility index (Phi) is 3.92. The number of carbonyl (C=O) groups is 1. The van der Waals surface area contributed by atoms with Crippen LogP contribution in [0, 0.1) is 34.5 Å². The number of hydrogen-bond donors (Lipinski definition) is 1. The Morgan fingerprint density at radius 3 is 2.48 bits per heavy atom. The summed E-state index contributed by atoms with van der Waals surface area (Å²) in [5, 5.41) is 11.0. The van der Waals surface area contributed by atoms with Crippen molar-refractivity contribution < 1.29 is 14.6 Å². The summed E-state index contributed by atoms with van der Waals surface area (Å²) in [6.45, 7) is 6.86. The summed E-state index contributed by atoms with van der Waals surface area (Å²) in [7, 11) is 1.71. The van der Waals surface area contributed by atoms with E-state index in [1.165, 1.54) is 25.7 Å². The summed E-state index contributed by atoms with van der Waals surface area (Å²) in [6.07, 6.45) is 9.84. The average molecular weight is 347 g/mol. The van der Waals surface area contributed by atoms with Gasteiger partial charge in [-0.05, 0) is 86.4 Å². The molecule has 0 aromatic heterocycles. The summed E-state index contributed by atoms with van der Waals surface area (Å²) < 4.78 is 5.55. The van der Waals surface area contributed by atoms with Gasteiger partial charge in [0.25, 0.3) is 0 Å². The Morgan fingerprint density at radius 1 is 1.08 bits per heavy atom. The van der Waals surface area contributed by atoms with Gasteiger partial charge < -0.3 is 9.84 Å². The van der Waals surface area contributed by atoms with Gasteiger partial charge in [-0.2, -0.15) is 0 Å². The van der Waals surface area contributed by atoms with Crippen LogP contribution >= 0.6 is 0 Å². The Labute approximate surface area is 152 Å². The van der Waals surface area contributed by atoms with Crippen LogP contribution in [0.15, 0.2) is 11.3 Å². The number of ether oxygens (including phenoxy) is 1. The van der Waals surface area contributed by atoms with Gasteiger partial charge in [0.1, 0.15) is 12.0 Å². The third-order valence-corrected chi connectivity index (χ3v) is 9.38. The fourth-order valence-electron chi connectivity index (χ4n) is 7.57. The zero-order valence-corrected chi connectivity index (χ0v) is 16.3. The molecule has 3 saturated carbocycles. The van der Waals surface area contributed by atoms with Crippen molar-refractivity contribution in [2.24, 2.45) is 34.5 Å². The highest BCUT2D eigenvalue weighted by Gasteiger charge is 2.63. The van der Waals surface area contributed by atoms with E-state index in [0.29, 0.717) is 23.7 Å². The predicted molar refractivity (Wildman–Crippen MR) is 97.8 cm³/mol. The van der Waals surface area contributed by atoms with Gasteiger partial charge in [0.2, 0.25) is 0 Å². The van der Waals surface area contributed by atoms with Crippen molar-refractivity contribution in [3.05, 3.63) is 11.3 Å². The molecule has 0 aliphatic heterocycles. The molecular weight excluding hydrogens is 312 g/mol. The van der Waals surface area contributed by atoms with E-state index in [-0.39, 0.29) is 10.8 Å². The van der Waals surface area contributed by atoms with Crippen molar-refractivity contribution >= 4 is 6.29 Å². The van der Waals surface area contributed by atoms with Crippen molar-refractivity contribution in [2.45, 2.75) is 77.7 Å². The van der Waals surface area contributed by atoms with Gasteiger partial charge in [0.15, 0.2) is 0 Å². The Balaban J connectivity index is 1.67. The lowest BCUT2D eigenvalue weighted by Crippen LogP contribution is -2.55. The molecule has 4 rings (SSSR count). The van der Waals surface area contributed by atoms with Crippen molar-refractivity contribution in [2.75, 3.05) is 7.11 Å². The number of allylic oxidation sites excluding steroid dienone is 2. The standard InChI is InChI=1S/C22H34O3/c1-20-12-14(13-23)19(25-4)11-15(20)5-6-16-17(20)7-9-21(2)18(16)8-10-22(21,3)24/h13,15-18,24H,5-12H2,1-4H3/t15-,16+,17-,18-,20-,21-,22-/m0/s1. The average Bonchev–Trinajstić information content (AvgIpc) is 2.83. The molecule has 0 aromatic carbocycles.